The quantitative estimate of drug-likeness (QED) is 0.796. The van der Waals surface area contributed by atoms with Crippen LogP contribution in [0.4, 0.5) is 0 Å². The van der Waals surface area contributed by atoms with Crippen LogP contribution in [0.1, 0.15) is 24.1 Å². The number of rotatable bonds is 6. The molecule has 0 aliphatic rings. The lowest BCUT2D eigenvalue weighted by Crippen LogP contribution is -2.23. The molecule has 4 heteroatoms. The summed E-state index contributed by atoms with van der Waals surface area (Å²) in [5.74, 6) is 0.952. The first-order chi connectivity index (χ1) is 9.70. The zero-order valence-electron chi connectivity index (χ0n) is 11.8. The summed E-state index contributed by atoms with van der Waals surface area (Å²) in [7, 11) is 0. The lowest BCUT2D eigenvalue weighted by Gasteiger charge is -2.19. The van der Waals surface area contributed by atoms with Crippen LogP contribution in [-0.2, 0) is 0 Å². The molecule has 0 saturated heterocycles. The first-order valence-electron chi connectivity index (χ1n) is 6.74. The second-order valence-electron chi connectivity index (χ2n) is 4.59. The van der Waals surface area contributed by atoms with Gasteiger partial charge in [-0.15, -0.1) is 11.8 Å². The summed E-state index contributed by atoms with van der Waals surface area (Å²) in [6, 6.07) is 12.7. The molecule has 0 aliphatic carbocycles. The maximum absolute atomic E-state index is 5.86. The van der Waals surface area contributed by atoms with Crippen molar-refractivity contribution in [1.82, 2.24) is 10.3 Å². The molecule has 106 valence electrons. The lowest BCUT2D eigenvalue weighted by atomic mass is 10.0. The molecule has 2 aromatic rings. The summed E-state index contributed by atoms with van der Waals surface area (Å²) in [6.45, 7) is 5.25. The fourth-order valence-electron chi connectivity index (χ4n) is 2.10. The van der Waals surface area contributed by atoms with Gasteiger partial charge in [0.1, 0.15) is 0 Å². The zero-order valence-corrected chi connectivity index (χ0v) is 13.3. The van der Waals surface area contributed by atoms with E-state index in [1.807, 2.05) is 12.1 Å². The number of halogens is 1. The Balaban J connectivity index is 2.06. The largest absolute Gasteiger partial charge is 0.309 e. The van der Waals surface area contributed by atoms with E-state index < -0.39 is 0 Å². The van der Waals surface area contributed by atoms with Crippen LogP contribution in [0.2, 0.25) is 5.02 Å². The van der Waals surface area contributed by atoms with E-state index in [0.717, 1.165) is 17.3 Å². The van der Waals surface area contributed by atoms with E-state index in [2.05, 4.69) is 48.4 Å². The van der Waals surface area contributed by atoms with Crippen molar-refractivity contribution in [3.8, 4) is 0 Å². The maximum Gasteiger partial charge on any atom is 0.0961 e. The Morgan fingerprint density at radius 1 is 1.25 bits per heavy atom. The van der Waals surface area contributed by atoms with Crippen LogP contribution >= 0.6 is 23.4 Å². The summed E-state index contributed by atoms with van der Waals surface area (Å²) in [5.41, 5.74) is 2.68. The molecule has 2 rings (SSSR count). The molecule has 0 saturated carbocycles. The van der Waals surface area contributed by atoms with Gasteiger partial charge in [0.25, 0.3) is 0 Å². The molecule has 1 heterocycles. The molecule has 0 spiro atoms. The van der Waals surface area contributed by atoms with Crippen LogP contribution in [0.5, 0.6) is 0 Å². The molecular formula is C16H19ClN2S. The van der Waals surface area contributed by atoms with Gasteiger partial charge >= 0.3 is 0 Å². The molecule has 1 aromatic heterocycles. The van der Waals surface area contributed by atoms with Gasteiger partial charge in [-0.2, -0.15) is 0 Å². The van der Waals surface area contributed by atoms with Crippen molar-refractivity contribution in [2.24, 2.45) is 0 Å². The second kappa shape index (κ2) is 7.67. The van der Waals surface area contributed by atoms with E-state index in [4.69, 9.17) is 11.6 Å². The van der Waals surface area contributed by atoms with Gasteiger partial charge in [-0.25, -0.2) is 4.98 Å². The summed E-state index contributed by atoms with van der Waals surface area (Å²) in [5, 5.41) is 5.23. The SMILES string of the molecule is CCNC(CSc1ccc(Cl)cn1)c1ccccc1C. The van der Waals surface area contributed by atoms with Crippen LogP contribution in [0.15, 0.2) is 47.6 Å². The van der Waals surface area contributed by atoms with Crippen LogP contribution in [0.25, 0.3) is 0 Å². The number of aryl methyl sites for hydroxylation is 1. The average Bonchev–Trinajstić information content (AvgIpc) is 2.46. The van der Waals surface area contributed by atoms with Crippen LogP contribution in [0.3, 0.4) is 0 Å². The van der Waals surface area contributed by atoms with Crippen molar-refractivity contribution < 1.29 is 0 Å². The third-order valence-corrected chi connectivity index (χ3v) is 4.37. The first-order valence-corrected chi connectivity index (χ1v) is 8.10. The van der Waals surface area contributed by atoms with Crippen LogP contribution in [-0.4, -0.2) is 17.3 Å². The highest BCUT2D eigenvalue weighted by molar-refractivity contribution is 7.99. The molecular weight excluding hydrogens is 288 g/mol. The number of pyridine rings is 1. The van der Waals surface area contributed by atoms with Crippen molar-refractivity contribution in [1.29, 1.82) is 0 Å². The predicted octanol–water partition coefficient (Wildman–Crippen LogP) is 4.49. The molecule has 0 fully saturated rings. The van der Waals surface area contributed by atoms with Crippen molar-refractivity contribution in [2.45, 2.75) is 24.9 Å². The van der Waals surface area contributed by atoms with Crippen molar-refractivity contribution >= 4 is 23.4 Å². The van der Waals surface area contributed by atoms with Gasteiger partial charge < -0.3 is 5.32 Å². The number of aromatic nitrogens is 1. The van der Waals surface area contributed by atoms with Gasteiger partial charge in [0.15, 0.2) is 0 Å². The number of nitrogens with one attached hydrogen (secondary N) is 1. The Labute approximate surface area is 130 Å². The number of nitrogens with zero attached hydrogens (tertiary/aromatic N) is 1. The molecule has 0 radical (unpaired) electrons. The molecule has 2 nitrogen and oxygen atoms in total. The Morgan fingerprint density at radius 3 is 2.70 bits per heavy atom. The van der Waals surface area contributed by atoms with Crippen molar-refractivity contribution in [3.05, 3.63) is 58.7 Å². The number of benzene rings is 1. The molecule has 0 bridgehead atoms. The molecule has 1 N–H and O–H groups in total. The third kappa shape index (κ3) is 4.23. The van der Waals surface area contributed by atoms with Gasteiger partial charge in [-0.3, -0.25) is 0 Å². The van der Waals surface area contributed by atoms with Crippen LogP contribution in [0, 0.1) is 6.92 Å². The van der Waals surface area contributed by atoms with Crippen LogP contribution < -0.4 is 5.32 Å². The highest BCUT2D eigenvalue weighted by Gasteiger charge is 2.13. The summed E-state index contributed by atoms with van der Waals surface area (Å²) in [4.78, 5) is 4.33. The van der Waals surface area contributed by atoms with E-state index >= 15 is 0 Å². The Morgan fingerprint density at radius 2 is 2.05 bits per heavy atom. The monoisotopic (exact) mass is 306 g/mol. The highest BCUT2D eigenvalue weighted by atomic mass is 35.5. The molecule has 20 heavy (non-hydrogen) atoms. The summed E-state index contributed by atoms with van der Waals surface area (Å²) >= 11 is 7.61. The fourth-order valence-corrected chi connectivity index (χ4v) is 3.14. The van der Waals surface area contributed by atoms with Crippen molar-refractivity contribution in [3.63, 3.8) is 0 Å². The smallest absolute Gasteiger partial charge is 0.0961 e. The van der Waals surface area contributed by atoms with Gasteiger partial charge in [-0.1, -0.05) is 42.8 Å². The second-order valence-corrected chi connectivity index (χ2v) is 6.07. The standard InChI is InChI=1S/C16H19ClN2S/c1-3-18-15(14-7-5-4-6-12(14)2)11-20-16-9-8-13(17)10-19-16/h4-10,15,18H,3,11H2,1-2H3. The molecule has 1 unspecified atom stereocenters. The highest BCUT2D eigenvalue weighted by Crippen LogP contribution is 2.25. The average molecular weight is 307 g/mol. The van der Waals surface area contributed by atoms with E-state index in [9.17, 15) is 0 Å². The third-order valence-electron chi connectivity index (χ3n) is 3.11. The van der Waals surface area contributed by atoms with Gasteiger partial charge in [0, 0.05) is 18.0 Å². The predicted molar refractivity (Wildman–Crippen MR) is 87.6 cm³/mol. The Kier molecular flexibility index (Phi) is 5.89. The number of thioether (sulfide) groups is 1. The van der Waals surface area contributed by atoms with Crippen molar-refractivity contribution in [2.75, 3.05) is 12.3 Å². The van der Waals surface area contributed by atoms with Gasteiger partial charge in [0.05, 0.1) is 10.0 Å². The topological polar surface area (TPSA) is 24.9 Å². The van der Waals surface area contributed by atoms with Gasteiger partial charge in [-0.05, 0) is 36.7 Å². The summed E-state index contributed by atoms with van der Waals surface area (Å²) < 4.78 is 0. The van der Waals surface area contributed by atoms with E-state index in [1.54, 1.807) is 18.0 Å². The summed E-state index contributed by atoms with van der Waals surface area (Å²) in [6.07, 6.45) is 1.69. The van der Waals surface area contributed by atoms with E-state index in [-0.39, 0.29) is 0 Å². The fraction of sp³-hybridized carbons (Fsp3) is 0.312. The minimum Gasteiger partial charge on any atom is -0.309 e. The lowest BCUT2D eigenvalue weighted by molar-refractivity contribution is 0.603. The Bertz CT molecular complexity index is 542. The minimum absolute atomic E-state index is 0.337. The molecule has 1 aromatic carbocycles. The first kappa shape index (κ1) is 15.4. The number of hydrogen-bond acceptors (Lipinski definition) is 3. The molecule has 0 amide bonds. The number of hydrogen-bond donors (Lipinski definition) is 1. The maximum atomic E-state index is 5.86. The van der Waals surface area contributed by atoms with E-state index in [1.165, 1.54) is 11.1 Å². The van der Waals surface area contributed by atoms with E-state index in [0.29, 0.717) is 11.1 Å². The molecule has 1 atom stereocenters. The Hall–Kier alpha value is -1.03. The normalized spacial score (nSPS) is 12.3. The molecule has 0 aliphatic heterocycles. The van der Waals surface area contributed by atoms with Gasteiger partial charge in [0.2, 0.25) is 0 Å². The zero-order chi connectivity index (χ0) is 14.4. The minimum atomic E-state index is 0.337.